The molecule has 0 aliphatic carbocycles. The van der Waals surface area contributed by atoms with Gasteiger partial charge in [-0.1, -0.05) is 5.16 Å². The van der Waals surface area contributed by atoms with Gasteiger partial charge in [0, 0.05) is 5.38 Å². The van der Waals surface area contributed by atoms with Crippen LogP contribution in [0, 0.1) is 6.92 Å². The first-order chi connectivity index (χ1) is 9.72. The molecule has 0 unspecified atom stereocenters. The van der Waals surface area contributed by atoms with Crippen LogP contribution in [0.4, 0.5) is 0 Å². The number of hydrogen-bond acceptors (Lipinski definition) is 7. The molecule has 0 aliphatic heterocycles. The summed E-state index contributed by atoms with van der Waals surface area (Å²) in [6, 6.07) is 3.55. The van der Waals surface area contributed by atoms with Crippen LogP contribution in [0.2, 0.25) is 0 Å². The topological polar surface area (TPSA) is 94.1 Å². The van der Waals surface area contributed by atoms with Crippen LogP contribution >= 0.6 is 11.3 Å². The van der Waals surface area contributed by atoms with Crippen LogP contribution in [0.1, 0.15) is 21.4 Å². The Morgan fingerprint density at radius 1 is 1.45 bits per heavy atom. The van der Waals surface area contributed by atoms with E-state index in [1.807, 2.05) is 0 Å². The summed E-state index contributed by atoms with van der Waals surface area (Å²) in [4.78, 5) is 20.2. The Hall–Kier alpha value is -2.48. The number of amides is 1. The van der Waals surface area contributed by atoms with E-state index in [-0.39, 0.29) is 5.91 Å². The van der Waals surface area contributed by atoms with Crippen LogP contribution < -0.4 is 5.32 Å². The number of carbonyl (C=O) groups excluding carboxylic acids is 1. The summed E-state index contributed by atoms with van der Waals surface area (Å²) in [6.45, 7) is 2.04. The van der Waals surface area contributed by atoms with Crippen molar-refractivity contribution in [3.8, 4) is 11.6 Å². The molecular formula is C12H10N4O3S. The maximum absolute atomic E-state index is 11.9. The first-order valence-electron chi connectivity index (χ1n) is 5.79. The molecular weight excluding hydrogens is 280 g/mol. The van der Waals surface area contributed by atoms with Crippen molar-refractivity contribution < 1.29 is 13.7 Å². The second-order valence-corrected chi connectivity index (χ2v) is 4.80. The lowest BCUT2D eigenvalue weighted by atomic mass is 10.4. The molecule has 0 bridgehead atoms. The molecule has 0 saturated heterocycles. The number of thiazole rings is 1. The van der Waals surface area contributed by atoms with Crippen LogP contribution in [0.25, 0.3) is 11.6 Å². The lowest BCUT2D eigenvalue weighted by molar-refractivity contribution is 0.0947. The van der Waals surface area contributed by atoms with E-state index in [9.17, 15) is 4.79 Å². The van der Waals surface area contributed by atoms with Crippen molar-refractivity contribution in [2.75, 3.05) is 0 Å². The van der Waals surface area contributed by atoms with Gasteiger partial charge in [0.05, 0.1) is 12.8 Å². The van der Waals surface area contributed by atoms with Gasteiger partial charge in [-0.05, 0) is 19.1 Å². The van der Waals surface area contributed by atoms with E-state index in [0.717, 1.165) is 0 Å². The Labute approximate surface area is 117 Å². The highest BCUT2D eigenvalue weighted by molar-refractivity contribution is 7.12. The second kappa shape index (κ2) is 5.25. The lowest BCUT2D eigenvalue weighted by Crippen LogP contribution is -2.22. The van der Waals surface area contributed by atoms with E-state index in [0.29, 0.717) is 34.7 Å². The molecule has 3 heterocycles. The number of rotatable bonds is 4. The Balaban J connectivity index is 1.68. The normalized spacial score (nSPS) is 10.7. The van der Waals surface area contributed by atoms with E-state index < -0.39 is 0 Å². The first-order valence-corrected chi connectivity index (χ1v) is 6.67. The van der Waals surface area contributed by atoms with Crippen molar-refractivity contribution in [1.29, 1.82) is 0 Å². The fraction of sp³-hybridized carbons (Fsp3) is 0.167. The summed E-state index contributed by atoms with van der Waals surface area (Å²) in [5.74, 6) is 1.25. The maximum atomic E-state index is 11.9. The lowest BCUT2D eigenvalue weighted by Gasteiger charge is -1.99. The molecule has 8 heteroatoms. The molecule has 3 aromatic heterocycles. The zero-order valence-electron chi connectivity index (χ0n) is 10.5. The van der Waals surface area contributed by atoms with E-state index >= 15 is 0 Å². The Bertz CT molecular complexity index is 717. The van der Waals surface area contributed by atoms with E-state index in [1.165, 1.54) is 11.3 Å². The summed E-state index contributed by atoms with van der Waals surface area (Å²) < 4.78 is 10.1. The fourth-order valence-corrected chi connectivity index (χ4v) is 2.24. The molecule has 0 aromatic carbocycles. The highest BCUT2D eigenvalue weighted by atomic mass is 32.1. The van der Waals surface area contributed by atoms with Crippen molar-refractivity contribution in [3.05, 3.63) is 40.4 Å². The largest absolute Gasteiger partial charge is 0.467 e. The van der Waals surface area contributed by atoms with Crippen LogP contribution in [0.15, 0.2) is 32.7 Å². The standard InChI is InChI=1S/C12H10N4O3S/c1-7-14-11(19-16-7)9-6-20-12(15-9)10(17)13-5-8-3-2-4-18-8/h2-4,6H,5H2,1H3,(H,13,17). The van der Waals surface area contributed by atoms with Crippen molar-refractivity contribution in [2.45, 2.75) is 13.5 Å². The molecule has 7 nitrogen and oxygen atoms in total. The number of nitrogens with one attached hydrogen (secondary N) is 1. The number of aryl methyl sites for hydroxylation is 1. The molecule has 102 valence electrons. The summed E-state index contributed by atoms with van der Waals surface area (Å²) in [7, 11) is 0. The molecule has 3 aromatic rings. The van der Waals surface area contributed by atoms with Gasteiger partial charge in [-0.25, -0.2) is 4.98 Å². The minimum atomic E-state index is -0.270. The van der Waals surface area contributed by atoms with E-state index in [4.69, 9.17) is 8.94 Å². The van der Waals surface area contributed by atoms with Gasteiger partial charge in [0.25, 0.3) is 11.8 Å². The summed E-state index contributed by atoms with van der Waals surface area (Å²) in [6.07, 6.45) is 1.56. The van der Waals surface area contributed by atoms with Gasteiger partial charge in [-0.15, -0.1) is 11.3 Å². The third-order valence-corrected chi connectivity index (χ3v) is 3.29. The van der Waals surface area contributed by atoms with E-state index in [1.54, 1.807) is 30.7 Å². The van der Waals surface area contributed by atoms with Gasteiger partial charge in [-0.3, -0.25) is 4.79 Å². The van der Waals surface area contributed by atoms with Crippen molar-refractivity contribution in [1.82, 2.24) is 20.4 Å². The molecule has 3 rings (SSSR count). The first kappa shape index (κ1) is 12.5. The molecule has 0 saturated carbocycles. The molecule has 1 amide bonds. The van der Waals surface area contributed by atoms with Crippen LogP contribution in [0.5, 0.6) is 0 Å². The molecule has 0 fully saturated rings. The predicted molar refractivity (Wildman–Crippen MR) is 70.0 cm³/mol. The number of hydrogen-bond donors (Lipinski definition) is 1. The monoisotopic (exact) mass is 290 g/mol. The van der Waals surface area contributed by atoms with Gasteiger partial charge in [0.1, 0.15) is 11.5 Å². The number of nitrogens with zero attached hydrogens (tertiary/aromatic N) is 3. The molecule has 1 N–H and O–H groups in total. The van der Waals surface area contributed by atoms with Crippen LogP contribution in [-0.2, 0) is 6.54 Å². The molecule has 20 heavy (non-hydrogen) atoms. The van der Waals surface area contributed by atoms with Crippen molar-refractivity contribution in [3.63, 3.8) is 0 Å². The predicted octanol–water partition coefficient (Wildman–Crippen LogP) is 2.02. The highest BCUT2D eigenvalue weighted by Crippen LogP contribution is 2.20. The SMILES string of the molecule is Cc1noc(-c2csc(C(=O)NCc3ccco3)n2)n1. The number of carbonyl (C=O) groups is 1. The van der Waals surface area contributed by atoms with Crippen LogP contribution in [0.3, 0.4) is 0 Å². The summed E-state index contributed by atoms with van der Waals surface area (Å²) in [5.41, 5.74) is 0.499. The Morgan fingerprint density at radius 2 is 2.35 bits per heavy atom. The number of furan rings is 1. The van der Waals surface area contributed by atoms with Gasteiger partial charge in [0.2, 0.25) is 0 Å². The molecule has 0 spiro atoms. The Morgan fingerprint density at radius 3 is 3.05 bits per heavy atom. The quantitative estimate of drug-likeness (QED) is 0.790. The zero-order valence-corrected chi connectivity index (χ0v) is 11.3. The van der Waals surface area contributed by atoms with Crippen LogP contribution in [-0.4, -0.2) is 21.0 Å². The Kier molecular flexibility index (Phi) is 3.30. The highest BCUT2D eigenvalue weighted by Gasteiger charge is 2.15. The summed E-state index contributed by atoms with van der Waals surface area (Å²) in [5, 5.41) is 8.44. The van der Waals surface area contributed by atoms with Crippen molar-refractivity contribution in [2.24, 2.45) is 0 Å². The molecule has 0 aliphatic rings. The smallest absolute Gasteiger partial charge is 0.280 e. The van der Waals surface area contributed by atoms with Gasteiger partial charge < -0.3 is 14.3 Å². The second-order valence-electron chi connectivity index (χ2n) is 3.95. The molecule has 0 atom stereocenters. The average Bonchev–Trinajstić information content (AvgIpc) is 3.16. The van der Waals surface area contributed by atoms with Crippen molar-refractivity contribution >= 4 is 17.2 Å². The average molecular weight is 290 g/mol. The third-order valence-electron chi connectivity index (χ3n) is 2.45. The van der Waals surface area contributed by atoms with E-state index in [2.05, 4.69) is 20.4 Å². The maximum Gasteiger partial charge on any atom is 0.280 e. The zero-order chi connectivity index (χ0) is 13.9. The minimum Gasteiger partial charge on any atom is -0.467 e. The van der Waals surface area contributed by atoms with Gasteiger partial charge in [0.15, 0.2) is 10.8 Å². The number of aromatic nitrogens is 3. The minimum absolute atomic E-state index is 0.270. The van der Waals surface area contributed by atoms with Gasteiger partial charge in [-0.2, -0.15) is 4.98 Å². The van der Waals surface area contributed by atoms with Gasteiger partial charge >= 0.3 is 0 Å². The fourth-order valence-electron chi connectivity index (χ4n) is 1.53. The third kappa shape index (κ3) is 2.59. The molecule has 0 radical (unpaired) electrons. The summed E-state index contributed by atoms with van der Waals surface area (Å²) >= 11 is 1.22.